The summed E-state index contributed by atoms with van der Waals surface area (Å²) in [5.74, 6) is 0.903. The predicted molar refractivity (Wildman–Crippen MR) is 107 cm³/mol. The number of nitrogens with zero attached hydrogens (tertiary/aromatic N) is 4. The van der Waals surface area contributed by atoms with E-state index in [1.54, 1.807) is 0 Å². The van der Waals surface area contributed by atoms with Crippen LogP contribution in [0.3, 0.4) is 0 Å². The second-order valence-corrected chi connectivity index (χ2v) is 9.19. The van der Waals surface area contributed by atoms with Crippen molar-refractivity contribution >= 4 is 5.91 Å². The van der Waals surface area contributed by atoms with Crippen LogP contribution < -0.4 is 0 Å². The molecule has 1 atom stereocenters. The monoisotopic (exact) mass is 360 g/mol. The Morgan fingerprint density at radius 3 is 2.23 bits per heavy atom. The Balaban J connectivity index is 1.53. The van der Waals surface area contributed by atoms with Crippen LogP contribution in [-0.2, 0) is 5.54 Å². The minimum Gasteiger partial charge on any atom is -0.348 e. The fourth-order valence-corrected chi connectivity index (χ4v) is 4.24. The number of carbonyl (C=O) groups is 1. The van der Waals surface area contributed by atoms with Crippen LogP contribution in [-0.4, -0.2) is 77.5 Å². The molecule has 1 amide bonds. The number of likely N-dealkylation sites (tertiary alicyclic amines) is 1. The van der Waals surface area contributed by atoms with Crippen molar-refractivity contribution < 1.29 is 4.79 Å². The number of piperazine rings is 1. The van der Waals surface area contributed by atoms with Crippen molar-refractivity contribution in [1.29, 1.82) is 0 Å². The maximum absolute atomic E-state index is 12.9. The predicted octanol–water partition coefficient (Wildman–Crippen LogP) is 2.73. The third-order valence-corrected chi connectivity index (χ3v) is 6.34. The first kappa shape index (κ1) is 19.4. The van der Waals surface area contributed by atoms with Crippen molar-refractivity contribution in [2.75, 3.05) is 46.3 Å². The molecule has 2 aliphatic heterocycles. The van der Waals surface area contributed by atoms with Gasteiger partial charge >= 0.3 is 0 Å². The molecule has 2 saturated heterocycles. The lowest BCUT2D eigenvalue weighted by Gasteiger charge is -2.42. The number of rotatable bonds is 3. The molecule has 0 unspecified atom stereocenters. The molecular weight excluding hydrogens is 324 g/mol. The lowest BCUT2D eigenvalue weighted by atomic mass is 9.89. The van der Waals surface area contributed by atoms with Gasteiger partial charge in [0.2, 0.25) is 0 Å². The van der Waals surface area contributed by atoms with Gasteiger partial charge in [0.1, 0.15) is 0 Å². The van der Waals surface area contributed by atoms with Gasteiger partial charge in [-0.2, -0.15) is 0 Å². The van der Waals surface area contributed by atoms with E-state index >= 15 is 0 Å². The first-order valence-corrected chi connectivity index (χ1v) is 10.2. The SMILES string of the molecule is C[C@@H](C1CCN(C(=O)c2ccn(C(C)(C)C)c2)CC1)N1CCN(C)CC1. The van der Waals surface area contributed by atoms with Crippen molar-refractivity contribution in [3.8, 4) is 0 Å². The molecule has 1 aromatic rings. The smallest absolute Gasteiger partial charge is 0.255 e. The van der Waals surface area contributed by atoms with Crippen molar-refractivity contribution in [2.45, 2.75) is 52.1 Å². The second kappa shape index (κ2) is 7.73. The van der Waals surface area contributed by atoms with Gasteiger partial charge in [-0.1, -0.05) is 0 Å². The highest BCUT2D eigenvalue weighted by atomic mass is 16.2. The van der Waals surface area contributed by atoms with Crippen LogP contribution in [0.25, 0.3) is 0 Å². The molecule has 2 fully saturated rings. The zero-order chi connectivity index (χ0) is 18.9. The number of likely N-dealkylation sites (N-methyl/N-ethyl adjacent to an activating group) is 1. The van der Waals surface area contributed by atoms with Gasteiger partial charge in [-0.15, -0.1) is 0 Å². The summed E-state index contributed by atoms with van der Waals surface area (Å²) >= 11 is 0. The number of hydrogen-bond donors (Lipinski definition) is 0. The summed E-state index contributed by atoms with van der Waals surface area (Å²) in [6.07, 6.45) is 6.27. The molecule has 26 heavy (non-hydrogen) atoms. The highest BCUT2D eigenvalue weighted by Gasteiger charge is 2.31. The second-order valence-electron chi connectivity index (χ2n) is 9.19. The molecule has 1 aromatic heterocycles. The van der Waals surface area contributed by atoms with Crippen molar-refractivity contribution in [3.05, 3.63) is 24.0 Å². The molecule has 0 radical (unpaired) electrons. The fourth-order valence-electron chi connectivity index (χ4n) is 4.24. The summed E-state index contributed by atoms with van der Waals surface area (Å²) in [7, 11) is 2.21. The quantitative estimate of drug-likeness (QED) is 0.831. The Morgan fingerprint density at radius 2 is 1.69 bits per heavy atom. The van der Waals surface area contributed by atoms with Gasteiger partial charge in [-0.25, -0.2) is 0 Å². The van der Waals surface area contributed by atoms with Crippen molar-refractivity contribution in [3.63, 3.8) is 0 Å². The highest BCUT2D eigenvalue weighted by molar-refractivity contribution is 5.94. The molecule has 0 bridgehead atoms. The molecule has 3 heterocycles. The highest BCUT2D eigenvalue weighted by Crippen LogP contribution is 2.26. The summed E-state index contributed by atoms with van der Waals surface area (Å²) in [5.41, 5.74) is 0.842. The molecule has 2 aliphatic rings. The summed E-state index contributed by atoms with van der Waals surface area (Å²) in [6.45, 7) is 15.3. The summed E-state index contributed by atoms with van der Waals surface area (Å²) in [5, 5.41) is 0. The van der Waals surface area contributed by atoms with Gasteiger partial charge in [0.25, 0.3) is 5.91 Å². The van der Waals surface area contributed by atoms with Gasteiger partial charge in [-0.3, -0.25) is 9.69 Å². The molecule has 5 heteroatoms. The van der Waals surface area contributed by atoms with Crippen LogP contribution in [0.1, 0.15) is 50.9 Å². The van der Waals surface area contributed by atoms with Crippen LogP contribution >= 0.6 is 0 Å². The summed E-state index contributed by atoms with van der Waals surface area (Å²) in [6, 6.07) is 2.59. The standard InChI is InChI=1S/C21H36N4O/c1-17(23-14-12-22(5)13-15-23)18-6-9-24(10-7-18)20(26)19-8-11-25(16-19)21(2,3)4/h8,11,16-18H,6-7,9-10,12-15H2,1-5H3/t17-/m0/s1. The summed E-state index contributed by atoms with van der Waals surface area (Å²) < 4.78 is 2.13. The van der Waals surface area contributed by atoms with Gasteiger partial charge in [0.15, 0.2) is 0 Å². The Labute approximate surface area is 158 Å². The molecule has 0 aliphatic carbocycles. The third-order valence-electron chi connectivity index (χ3n) is 6.34. The minimum absolute atomic E-state index is 0.0173. The Kier molecular flexibility index (Phi) is 5.78. The Morgan fingerprint density at radius 1 is 1.08 bits per heavy atom. The van der Waals surface area contributed by atoms with E-state index in [-0.39, 0.29) is 11.4 Å². The van der Waals surface area contributed by atoms with E-state index in [2.05, 4.69) is 54.0 Å². The minimum atomic E-state index is 0.0173. The number of piperidine rings is 1. The number of hydrogen-bond acceptors (Lipinski definition) is 3. The first-order chi connectivity index (χ1) is 12.3. The van der Waals surface area contributed by atoms with E-state index in [1.165, 1.54) is 26.2 Å². The maximum Gasteiger partial charge on any atom is 0.255 e. The zero-order valence-corrected chi connectivity index (χ0v) is 17.2. The number of carbonyl (C=O) groups excluding carboxylic acids is 1. The Bertz CT molecular complexity index is 602. The van der Waals surface area contributed by atoms with Gasteiger partial charge in [-0.05, 0) is 59.6 Å². The van der Waals surface area contributed by atoms with E-state index in [9.17, 15) is 4.79 Å². The van der Waals surface area contributed by atoms with Crippen LogP contribution in [0.15, 0.2) is 18.5 Å². The molecule has 0 spiro atoms. The average Bonchev–Trinajstić information content (AvgIpc) is 3.12. The lowest BCUT2D eigenvalue weighted by molar-refractivity contribution is 0.0500. The third kappa shape index (κ3) is 4.32. The molecule has 0 saturated carbocycles. The van der Waals surface area contributed by atoms with Crippen LogP contribution in [0.4, 0.5) is 0 Å². The van der Waals surface area contributed by atoms with Crippen molar-refractivity contribution in [1.82, 2.24) is 19.3 Å². The van der Waals surface area contributed by atoms with Gasteiger partial charge in [0.05, 0.1) is 5.56 Å². The number of amides is 1. The van der Waals surface area contributed by atoms with Gasteiger partial charge in [0, 0.05) is 63.2 Å². The van der Waals surface area contributed by atoms with Crippen LogP contribution in [0.2, 0.25) is 0 Å². The fraction of sp³-hybridized carbons (Fsp3) is 0.762. The van der Waals surface area contributed by atoms with Crippen LogP contribution in [0, 0.1) is 5.92 Å². The topological polar surface area (TPSA) is 31.7 Å². The molecule has 0 N–H and O–H groups in total. The molecule has 0 aromatic carbocycles. The van der Waals surface area contributed by atoms with E-state index in [4.69, 9.17) is 0 Å². The maximum atomic E-state index is 12.9. The van der Waals surface area contributed by atoms with E-state index in [1.807, 2.05) is 18.5 Å². The average molecular weight is 361 g/mol. The Hall–Kier alpha value is -1.33. The molecule has 146 valence electrons. The van der Waals surface area contributed by atoms with Crippen molar-refractivity contribution in [2.24, 2.45) is 5.92 Å². The normalized spacial score (nSPS) is 22.6. The summed E-state index contributed by atoms with van der Waals surface area (Å²) in [4.78, 5) is 20.0. The van der Waals surface area contributed by atoms with Crippen LogP contribution in [0.5, 0.6) is 0 Å². The largest absolute Gasteiger partial charge is 0.348 e. The molecule has 5 nitrogen and oxygen atoms in total. The molecule has 3 rings (SSSR count). The lowest BCUT2D eigenvalue weighted by Crippen LogP contribution is -2.52. The van der Waals surface area contributed by atoms with E-state index < -0.39 is 0 Å². The van der Waals surface area contributed by atoms with Gasteiger partial charge < -0.3 is 14.4 Å². The van der Waals surface area contributed by atoms with E-state index in [0.717, 1.165) is 31.5 Å². The van der Waals surface area contributed by atoms with E-state index in [0.29, 0.717) is 12.0 Å². The first-order valence-electron chi connectivity index (χ1n) is 10.2. The zero-order valence-electron chi connectivity index (χ0n) is 17.2. The number of aromatic nitrogens is 1. The molecular formula is C21H36N4O.